The van der Waals surface area contributed by atoms with Gasteiger partial charge in [0.25, 0.3) is 5.88 Å². The molecule has 0 saturated carbocycles. The molecule has 2 heterocycles. The van der Waals surface area contributed by atoms with Crippen LogP contribution in [0.2, 0.25) is 0 Å². The van der Waals surface area contributed by atoms with Gasteiger partial charge in [-0.3, -0.25) is 0 Å². The fraction of sp³-hybridized carbons (Fsp3) is 0.333. The summed E-state index contributed by atoms with van der Waals surface area (Å²) in [7, 11) is 0. The Kier molecular flexibility index (Phi) is 4.34. The van der Waals surface area contributed by atoms with E-state index in [4.69, 9.17) is 4.52 Å². The third-order valence-corrected chi connectivity index (χ3v) is 3.82. The van der Waals surface area contributed by atoms with Crippen LogP contribution in [0.25, 0.3) is 5.88 Å². The van der Waals surface area contributed by atoms with Gasteiger partial charge in [-0.05, 0) is 42.8 Å². The molecule has 0 spiro atoms. The van der Waals surface area contributed by atoms with E-state index in [-0.39, 0.29) is 18.7 Å². The van der Waals surface area contributed by atoms with E-state index in [2.05, 4.69) is 26.0 Å². The van der Waals surface area contributed by atoms with E-state index in [1.165, 1.54) is 16.8 Å². The Balaban J connectivity index is 1.74. The number of nitrogens with one attached hydrogen (secondary N) is 1. The molecule has 0 bridgehead atoms. The molecule has 0 atom stereocenters. The third kappa shape index (κ3) is 2.90. The number of aromatic nitrogens is 5. The lowest BCUT2D eigenvalue weighted by Crippen LogP contribution is -2.18. The van der Waals surface area contributed by atoms with Crippen LogP contribution < -0.4 is 5.32 Å². The van der Waals surface area contributed by atoms with Crippen molar-refractivity contribution in [3.63, 3.8) is 0 Å². The molecule has 24 heavy (non-hydrogen) atoms. The molecule has 0 aliphatic carbocycles. The Morgan fingerprint density at radius 3 is 2.67 bits per heavy atom. The summed E-state index contributed by atoms with van der Waals surface area (Å²) in [5.74, 6) is -0.277. The van der Waals surface area contributed by atoms with Crippen molar-refractivity contribution in [3.8, 4) is 5.88 Å². The first-order valence-electron chi connectivity index (χ1n) is 7.33. The average molecular weight is 334 g/mol. The number of hydrogen-bond acceptors (Lipinski definition) is 6. The summed E-state index contributed by atoms with van der Waals surface area (Å²) >= 11 is 0. The highest BCUT2D eigenvalue weighted by Crippen LogP contribution is 2.18. The predicted octanol–water partition coefficient (Wildman–Crippen LogP) is 2.14. The molecule has 0 saturated heterocycles. The summed E-state index contributed by atoms with van der Waals surface area (Å²) < 4.78 is 34.4. The maximum absolute atomic E-state index is 14.0. The SMILES string of the molecule is Cc1ccc(F)c(CNCc2nnnn2-c2onc(C)c2C)c1F. The van der Waals surface area contributed by atoms with E-state index in [1.54, 1.807) is 6.92 Å². The normalized spacial score (nSPS) is 11.2. The van der Waals surface area contributed by atoms with Crippen LogP contribution in [0, 0.1) is 32.4 Å². The quantitative estimate of drug-likeness (QED) is 0.770. The Hall–Kier alpha value is -2.68. The van der Waals surface area contributed by atoms with Gasteiger partial charge in [-0.15, -0.1) is 5.10 Å². The third-order valence-electron chi connectivity index (χ3n) is 3.82. The van der Waals surface area contributed by atoms with E-state index in [0.29, 0.717) is 17.3 Å². The molecule has 126 valence electrons. The minimum absolute atomic E-state index is 0.0132. The maximum atomic E-state index is 14.0. The molecule has 0 fully saturated rings. The molecule has 3 aromatic rings. The molecular formula is C15H16F2N6O. The fourth-order valence-corrected chi connectivity index (χ4v) is 2.25. The highest BCUT2D eigenvalue weighted by Gasteiger charge is 2.17. The molecular weight excluding hydrogens is 318 g/mol. The maximum Gasteiger partial charge on any atom is 0.257 e. The zero-order chi connectivity index (χ0) is 17.3. The second kappa shape index (κ2) is 6.44. The number of halogens is 2. The van der Waals surface area contributed by atoms with E-state index in [1.807, 2.05) is 13.8 Å². The van der Waals surface area contributed by atoms with Crippen LogP contribution in [0.1, 0.15) is 28.2 Å². The first-order chi connectivity index (χ1) is 11.5. The highest BCUT2D eigenvalue weighted by molar-refractivity contribution is 5.31. The molecule has 0 aliphatic rings. The van der Waals surface area contributed by atoms with Gasteiger partial charge < -0.3 is 9.84 Å². The van der Waals surface area contributed by atoms with Crippen molar-refractivity contribution >= 4 is 0 Å². The van der Waals surface area contributed by atoms with Gasteiger partial charge in [-0.2, -0.15) is 4.68 Å². The number of aryl methyl sites for hydroxylation is 2. The van der Waals surface area contributed by atoms with Crippen LogP contribution in [0.3, 0.4) is 0 Å². The van der Waals surface area contributed by atoms with Gasteiger partial charge >= 0.3 is 0 Å². The number of nitrogens with zero attached hydrogens (tertiary/aromatic N) is 5. The van der Waals surface area contributed by atoms with Crippen molar-refractivity contribution in [2.75, 3.05) is 0 Å². The van der Waals surface area contributed by atoms with Crippen molar-refractivity contribution in [2.45, 2.75) is 33.9 Å². The fourth-order valence-electron chi connectivity index (χ4n) is 2.25. The lowest BCUT2D eigenvalue weighted by Gasteiger charge is -2.08. The van der Waals surface area contributed by atoms with Gasteiger partial charge in [0.15, 0.2) is 5.82 Å². The first-order valence-corrected chi connectivity index (χ1v) is 7.33. The minimum Gasteiger partial charge on any atom is -0.336 e. The first kappa shape index (κ1) is 16.2. The predicted molar refractivity (Wildman–Crippen MR) is 80.3 cm³/mol. The zero-order valence-corrected chi connectivity index (χ0v) is 13.5. The van der Waals surface area contributed by atoms with Crippen LogP contribution in [0.5, 0.6) is 0 Å². The minimum atomic E-state index is -0.591. The summed E-state index contributed by atoms with van der Waals surface area (Å²) in [5, 5.41) is 18.2. The molecule has 7 nitrogen and oxygen atoms in total. The summed E-state index contributed by atoms with van der Waals surface area (Å²) in [6, 6.07) is 2.66. The number of tetrazole rings is 1. The van der Waals surface area contributed by atoms with E-state index >= 15 is 0 Å². The summed E-state index contributed by atoms with van der Waals surface area (Å²) in [6.45, 7) is 5.47. The second-order valence-corrected chi connectivity index (χ2v) is 5.47. The molecule has 0 unspecified atom stereocenters. The smallest absolute Gasteiger partial charge is 0.257 e. The molecule has 0 aliphatic heterocycles. The zero-order valence-electron chi connectivity index (χ0n) is 13.5. The lowest BCUT2D eigenvalue weighted by molar-refractivity contribution is 0.387. The topological polar surface area (TPSA) is 81.7 Å². The summed E-state index contributed by atoms with van der Waals surface area (Å²) in [5.41, 5.74) is 1.94. The van der Waals surface area contributed by atoms with Crippen molar-refractivity contribution < 1.29 is 13.3 Å². The Morgan fingerprint density at radius 2 is 1.96 bits per heavy atom. The van der Waals surface area contributed by atoms with Gasteiger partial charge in [0.2, 0.25) is 0 Å². The van der Waals surface area contributed by atoms with Gasteiger partial charge in [-0.25, -0.2) is 8.78 Å². The molecule has 2 aromatic heterocycles. The molecule has 9 heteroatoms. The second-order valence-electron chi connectivity index (χ2n) is 5.47. The van der Waals surface area contributed by atoms with Crippen molar-refractivity contribution in [1.82, 2.24) is 30.7 Å². The van der Waals surface area contributed by atoms with Crippen molar-refractivity contribution in [3.05, 3.63) is 52.0 Å². The lowest BCUT2D eigenvalue weighted by atomic mass is 10.1. The summed E-state index contributed by atoms with van der Waals surface area (Å²) in [4.78, 5) is 0. The van der Waals surface area contributed by atoms with Gasteiger partial charge in [-0.1, -0.05) is 11.2 Å². The van der Waals surface area contributed by atoms with Gasteiger partial charge in [0.05, 0.1) is 12.2 Å². The largest absolute Gasteiger partial charge is 0.336 e. The molecule has 0 radical (unpaired) electrons. The number of benzene rings is 1. The van der Waals surface area contributed by atoms with Crippen LogP contribution in [-0.4, -0.2) is 25.4 Å². The monoisotopic (exact) mass is 334 g/mol. The van der Waals surface area contributed by atoms with Gasteiger partial charge in [0, 0.05) is 17.7 Å². The Labute approximate surface area is 136 Å². The standard InChI is InChI=1S/C15H16F2N6O/c1-8-4-5-12(16)11(14(8)17)6-18-7-13-19-21-22-23(13)15-9(2)10(3)20-24-15/h4-5,18H,6-7H2,1-3H3. The Bertz CT molecular complexity index is 873. The van der Waals surface area contributed by atoms with Crippen LogP contribution in [0.4, 0.5) is 8.78 Å². The summed E-state index contributed by atoms with van der Waals surface area (Å²) in [6.07, 6.45) is 0. The van der Waals surface area contributed by atoms with Crippen molar-refractivity contribution in [1.29, 1.82) is 0 Å². The van der Waals surface area contributed by atoms with Gasteiger partial charge in [0.1, 0.15) is 11.6 Å². The van der Waals surface area contributed by atoms with E-state index in [9.17, 15) is 8.78 Å². The molecule has 3 rings (SSSR count). The van der Waals surface area contributed by atoms with Crippen LogP contribution >= 0.6 is 0 Å². The molecule has 1 aromatic carbocycles. The number of hydrogen-bond donors (Lipinski definition) is 1. The number of rotatable bonds is 5. The Morgan fingerprint density at radius 1 is 1.17 bits per heavy atom. The van der Waals surface area contributed by atoms with Crippen LogP contribution in [-0.2, 0) is 13.1 Å². The van der Waals surface area contributed by atoms with Crippen molar-refractivity contribution in [2.24, 2.45) is 0 Å². The van der Waals surface area contributed by atoms with E-state index in [0.717, 1.165) is 11.3 Å². The molecule has 1 N–H and O–H groups in total. The van der Waals surface area contributed by atoms with E-state index < -0.39 is 11.6 Å². The average Bonchev–Trinajstić information content (AvgIpc) is 3.14. The highest BCUT2D eigenvalue weighted by atomic mass is 19.1. The van der Waals surface area contributed by atoms with Crippen LogP contribution in [0.15, 0.2) is 16.7 Å². The molecule has 0 amide bonds.